The Labute approximate surface area is 289 Å². The van der Waals surface area contributed by atoms with E-state index in [1.54, 1.807) is 0 Å². The van der Waals surface area contributed by atoms with Gasteiger partial charge < -0.3 is 105 Å². The zero-order valence-corrected chi connectivity index (χ0v) is 27.4. The van der Waals surface area contributed by atoms with E-state index in [0.717, 1.165) is 13.8 Å². The zero-order valence-electron chi connectivity index (χ0n) is 27.4. The second-order valence-electron chi connectivity index (χ2n) is 12.3. The lowest BCUT2D eigenvalue weighted by Gasteiger charge is -2.47. The first-order valence-electron chi connectivity index (χ1n) is 15.8. The molecule has 51 heavy (non-hydrogen) atoms. The van der Waals surface area contributed by atoms with Crippen molar-refractivity contribution < 1.29 is 104 Å². The van der Waals surface area contributed by atoms with E-state index < -0.39 is 155 Å². The van der Waals surface area contributed by atoms with E-state index in [2.05, 4.69) is 10.6 Å². The molecule has 0 aromatic carbocycles. The quantitative estimate of drug-likeness (QED) is 0.0651. The van der Waals surface area contributed by atoms with Gasteiger partial charge >= 0.3 is 0 Å². The number of aldehydes is 1. The van der Waals surface area contributed by atoms with E-state index in [4.69, 9.17) is 28.4 Å². The van der Waals surface area contributed by atoms with Crippen LogP contribution in [0.3, 0.4) is 0 Å². The van der Waals surface area contributed by atoms with Crippen molar-refractivity contribution in [3.05, 3.63) is 0 Å². The number of aliphatic hydroxyl groups is 12. The molecule has 3 aliphatic rings. The fourth-order valence-electron chi connectivity index (χ4n) is 5.75. The fraction of sp³-hybridized carbons (Fsp3) is 0.893. The Kier molecular flexibility index (Phi) is 16.4. The van der Waals surface area contributed by atoms with Gasteiger partial charge in [0.1, 0.15) is 104 Å². The molecule has 0 bridgehead atoms. The normalized spacial score (nSPS) is 41.2. The minimum atomic E-state index is -2.19. The Balaban J connectivity index is 1.79. The second kappa shape index (κ2) is 19.3. The van der Waals surface area contributed by atoms with Crippen molar-refractivity contribution in [2.75, 3.05) is 26.4 Å². The van der Waals surface area contributed by atoms with E-state index in [1.807, 2.05) is 0 Å². The van der Waals surface area contributed by atoms with Gasteiger partial charge in [0.25, 0.3) is 0 Å². The lowest BCUT2D eigenvalue weighted by molar-refractivity contribution is -0.349. The topological polar surface area (TPSA) is 373 Å². The van der Waals surface area contributed by atoms with Crippen LogP contribution >= 0.6 is 0 Å². The Morgan fingerprint density at radius 3 is 1.71 bits per heavy atom. The first-order valence-corrected chi connectivity index (χ1v) is 15.8. The average Bonchev–Trinajstić information content (AvgIpc) is 3.09. The third-order valence-corrected chi connectivity index (χ3v) is 8.53. The van der Waals surface area contributed by atoms with Gasteiger partial charge in [-0.05, 0) is 0 Å². The maximum Gasteiger partial charge on any atom is 0.217 e. The lowest BCUT2D eigenvalue weighted by atomic mass is 9.95. The molecule has 3 heterocycles. The van der Waals surface area contributed by atoms with Crippen LogP contribution in [-0.4, -0.2) is 222 Å². The molecule has 19 atom stereocenters. The number of ether oxygens (including phenoxy) is 6. The number of nitrogens with one attached hydrogen (secondary N) is 2. The van der Waals surface area contributed by atoms with Crippen LogP contribution in [0.25, 0.3) is 0 Å². The lowest BCUT2D eigenvalue weighted by Crippen LogP contribution is -2.67. The summed E-state index contributed by atoms with van der Waals surface area (Å²) in [7, 11) is 0. The summed E-state index contributed by atoms with van der Waals surface area (Å²) in [6, 6.07) is -3.30. The van der Waals surface area contributed by atoms with Gasteiger partial charge in [0.05, 0.1) is 26.4 Å². The molecule has 14 N–H and O–H groups in total. The number of hydrogen-bond donors (Lipinski definition) is 14. The van der Waals surface area contributed by atoms with Crippen LogP contribution in [0.2, 0.25) is 0 Å². The van der Waals surface area contributed by atoms with Crippen LogP contribution in [0.1, 0.15) is 13.8 Å². The van der Waals surface area contributed by atoms with Crippen LogP contribution in [0.5, 0.6) is 0 Å². The number of carbonyl (C=O) groups excluding carboxylic acids is 3. The van der Waals surface area contributed by atoms with Gasteiger partial charge in [0, 0.05) is 13.8 Å². The van der Waals surface area contributed by atoms with Crippen molar-refractivity contribution in [3.63, 3.8) is 0 Å². The molecule has 0 aliphatic carbocycles. The summed E-state index contributed by atoms with van der Waals surface area (Å²) in [5.41, 5.74) is 0. The molecular weight excluding hydrogens is 700 g/mol. The minimum absolute atomic E-state index is 0.113. The summed E-state index contributed by atoms with van der Waals surface area (Å²) in [6.07, 6.45) is -30.7. The highest BCUT2D eigenvalue weighted by molar-refractivity contribution is 5.77. The van der Waals surface area contributed by atoms with E-state index in [1.165, 1.54) is 0 Å². The standard InChI is InChI=1S/C28H48N2O21/c1-8(35)29-10(3-31)24(50-27-22(44)20(42)17(39)12(4-32)47-27)16(38)11(37)7-46-26-15(30-9(2)36)19(41)25(14(6-34)49-26)51-28-23(45)21(43)18(40)13(5-33)48-28/h3,10-28,32-34,37-45H,4-7H2,1-2H3,(H,29,35)(H,30,36). The molecule has 2 amide bonds. The van der Waals surface area contributed by atoms with Crippen LogP contribution < -0.4 is 10.6 Å². The first-order chi connectivity index (χ1) is 24.0. The van der Waals surface area contributed by atoms with Gasteiger partial charge in [-0.1, -0.05) is 0 Å². The van der Waals surface area contributed by atoms with Crippen molar-refractivity contribution in [1.29, 1.82) is 0 Å². The number of hydrogen-bond acceptors (Lipinski definition) is 21. The predicted molar refractivity (Wildman–Crippen MR) is 158 cm³/mol. The Morgan fingerprint density at radius 1 is 0.706 bits per heavy atom. The van der Waals surface area contributed by atoms with Gasteiger partial charge in [-0.25, -0.2) is 0 Å². The maximum atomic E-state index is 12.1. The molecule has 0 saturated carbocycles. The second-order valence-corrected chi connectivity index (χ2v) is 12.3. The molecule has 0 radical (unpaired) electrons. The SMILES string of the molecule is CC(=O)NC(C=O)C(OC1OC(CO)C(O)C(O)C1O)C(O)C(O)COC1OC(CO)C(OC2OC(CO)C(O)C(O)C2O)C(O)C1NC(C)=O. The Hall–Kier alpha value is -2.11. The van der Waals surface area contributed by atoms with Crippen molar-refractivity contribution in [2.45, 2.75) is 130 Å². The number of amides is 2. The molecule has 3 saturated heterocycles. The summed E-state index contributed by atoms with van der Waals surface area (Å²) in [5, 5.41) is 128. The molecule has 0 aromatic heterocycles. The number of rotatable bonds is 16. The maximum absolute atomic E-state index is 12.1. The smallest absolute Gasteiger partial charge is 0.217 e. The fourth-order valence-corrected chi connectivity index (χ4v) is 5.75. The zero-order chi connectivity index (χ0) is 38.3. The van der Waals surface area contributed by atoms with Gasteiger partial charge in [-0.2, -0.15) is 0 Å². The summed E-state index contributed by atoms with van der Waals surface area (Å²) in [6.45, 7) is -1.44. The van der Waals surface area contributed by atoms with Crippen molar-refractivity contribution in [2.24, 2.45) is 0 Å². The highest BCUT2D eigenvalue weighted by Crippen LogP contribution is 2.30. The third-order valence-electron chi connectivity index (χ3n) is 8.53. The van der Waals surface area contributed by atoms with Crippen LogP contribution in [0, 0.1) is 0 Å². The molecule has 23 heteroatoms. The van der Waals surface area contributed by atoms with Gasteiger partial charge in [-0.3, -0.25) is 9.59 Å². The Bertz CT molecular complexity index is 1120. The van der Waals surface area contributed by atoms with Gasteiger partial charge in [0.15, 0.2) is 18.9 Å². The number of carbonyl (C=O) groups is 3. The van der Waals surface area contributed by atoms with Crippen LogP contribution in [0.4, 0.5) is 0 Å². The predicted octanol–water partition coefficient (Wildman–Crippen LogP) is -9.62. The molecule has 0 spiro atoms. The monoisotopic (exact) mass is 748 g/mol. The molecular formula is C28H48N2O21. The molecule has 0 aromatic rings. The molecule has 3 fully saturated rings. The van der Waals surface area contributed by atoms with E-state index in [-0.39, 0.29) is 6.29 Å². The largest absolute Gasteiger partial charge is 0.394 e. The van der Waals surface area contributed by atoms with Crippen LogP contribution in [-0.2, 0) is 42.8 Å². The summed E-state index contributed by atoms with van der Waals surface area (Å²) >= 11 is 0. The van der Waals surface area contributed by atoms with Crippen molar-refractivity contribution in [3.8, 4) is 0 Å². The van der Waals surface area contributed by atoms with Gasteiger partial charge in [0.2, 0.25) is 11.8 Å². The van der Waals surface area contributed by atoms with E-state index in [9.17, 15) is 75.7 Å². The minimum Gasteiger partial charge on any atom is -0.394 e. The summed E-state index contributed by atoms with van der Waals surface area (Å²) in [4.78, 5) is 35.8. The molecule has 23 nitrogen and oxygen atoms in total. The van der Waals surface area contributed by atoms with E-state index >= 15 is 0 Å². The van der Waals surface area contributed by atoms with Gasteiger partial charge in [-0.15, -0.1) is 0 Å². The summed E-state index contributed by atoms with van der Waals surface area (Å²) in [5.74, 6) is -1.55. The molecule has 3 rings (SSSR count). The first kappa shape index (κ1) is 43.3. The van der Waals surface area contributed by atoms with E-state index in [0.29, 0.717) is 0 Å². The highest BCUT2D eigenvalue weighted by atomic mass is 16.7. The average molecular weight is 749 g/mol. The molecule has 19 unspecified atom stereocenters. The van der Waals surface area contributed by atoms with Crippen molar-refractivity contribution in [1.82, 2.24) is 10.6 Å². The van der Waals surface area contributed by atoms with Crippen LogP contribution in [0.15, 0.2) is 0 Å². The Morgan fingerprint density at radius 2 is 1.22 bits per heavy atom. The summed E-state index contributed by atoms with van der Waals surface area (Å²) < 4.78 is 32.9. The molecule has 3 aliphatic heterocycles. The third kappa shape index (κ3) is 10.3. The molecule has 296 valence electrons. The number of aliphatic hydroxyl groups excluding tert-OH is 12. The van der Waals surface area contributed by atoms with Crippen molar-refractivity contribution >= 4 is 18.1 Å². The highest BCUT2D eigenvalue weighted by Gasteiger charge is 2.52.